The number of carbonyl (C=O) groups excluding carboxylic acids is 1. The smallest absolute Gasteiger partial charge is 0.461 e. The molecule has 0 aliphatic carbocycles. The molecule has 0 amide bonds. The standard InChI is InChI=1S/C14H17F4NO3/c1-13(2,12(20)21-3)10(19)8-6-4-5-7-9(8)22-14(17,18)11(15)16/h4-7,10-11H,19H2,1-3H3/t10-/m0/s1. The summed E-state index contributed by atoms with van der Waals surface area (Å²) < 4.78 is 59.4. The van der Waals surface area contributed by atoms with Crippen molar-refractivity contribution in [2.24, 2.45) is 11.1 Å². The second-order valence-electron chi connectivity index (χ2n) is 5.19. The minimum Gasteiger partial charge on any atom is -0.469 e. The highest BCUT2D eigenvalue weighted by molar-refractivity contribution is 5.77. The third kappa shape index (κ3) is 3.68. The molecule has 0 heterocycles. The third-order valence-corrected chi connectivity index (χ3v) is 3.24. The molecular weight excluding hydrogens is 306 g/mol. The van der Waals surface area contributed by atoms with Crippen molar-refractivity contribution >= 4 is 5.97 Å². The second kappa shape index (κ2) is 6.51. The Labute approximate surface area is 125 Å². The SMILES string of the molecule is COC(=O)C(C)(C)[C@@H](N)c1ccccc1OC(F)(F)C(F)F. The molecule has 0 saturated heterocycles. The van der Waals surface area contributed by atoms with Crippen molar-refractivity contribution in [2.75, 3.05) is 7.11 Å². The van der Waals surface area contributed by atoms with Crippen LogP contribution in [0.25, 0.3) is 0 Å². The van der Waals surface area contributed by atoms with Gasteiger partial charge in [0.15, 0.2) is 0 Å². The zero-order chi connectivity index (χ0) is 17.1. The lowest BCUT2D eigenvalue weighted by Crippen LogP contribution is -2.39. The highest BCUT2D eigenvalue weighted by atomic mass is 19.3. The summed E-state index contributed by atoms with van der Waals surface area (Å²) >= 11 is 0. The summed E-state index contributed by atoms with van der Waals surface area (Å²) in [4.78, 5) is 11.7. The summed E-state index contributed by atoms with van der Waals surface area (Å²) in [7, 11) is 1.16. The van der Waals surface area contributed by atoms with E-state index >= 15 is 0 Å². The highest BCUT2D eigenvalue weighted by Gasteiger charge is 2.45. The van der Waals surface area contributed by atoms with E-state index in [2.05, 4.69) is 9.47 Å². The maximum atomic E-state index is 13.1. The number of para-hydroxylation sites is 1. The number of halogens is 4. The predicted molar refractivity (Wildman–Crippen MR) is 70.7 cm³/mol. The predicted octanol–water partition coefficient (Wildman–Crippen LogP) is 3.12. The summed E-state index contributed by atoms with van der Waals surface area (Å²) in [6.45, 7) is 2.90. The minimum atomic E-state index is -4.66. The quantitative estimate of drug-likeness (QED) is 0.645. The topological polar surface area (TPSA) is 61.5 Å². The molecule has 0 aliphatic rings. The van der Waals surface area contributed by atoms with E-state index in [9.17, 15) is 22.4 Å². The van der Waals surface area contributed by atoms with Crippen LogP contribution in [0, 0.1) is 5.41 Å². The van der Waals surface area contributed by atoms with E-state index in [1.807, 2.05) is 0 Å². The van der Waals surface area contributed by atoms with Gasteiger partial charge >= 0.3 is 18.5 Å². The van der Waals surface area contributed by atoms with Gasteiger partial charge in [0, 0.05) is 11.6 Å². The molecule has 0 aromatic heterocycles. The zero-order valence-corrected chi connectivity index (χ0v) is 12.3. The van der Waals surface area contributed by atoms with E-state index in [0.717, 1.165) is 13.2 Å². The molecule has 0 bridgehead atoms. The number of carbonyl (C=O) groups is 1. The summed E-state index contributed by atoms with van der Waals surface area (Å²) in [5.41, 5.74) is 4.66. The summed E-state index contributed by atoms with van der Waals surface area (Å²) in [5.74, 6) is -1.19. The number of benzene rings is 1. The first kappa shape index (κ1) is 18.2. The van der Waals surface area contributed by atoms with E-state index in [1.54, 1.807) is 0 Å². The fourth-order valence-electron chi connectivity index (χ4n) is 1.80. The Morgan fingerprint density at radius 3 is 2.27 bits per heavy atom. The first-order valence-electron chi connectivity index (χ1n) is 6.32. The van der Waals surface area contributed by atoms with E-state index in [1.165, 1.54) is 32.0 Å². The molecule has 0 radical (unpaired) electrons. The van der Waals surface area contributed by atoms with Gasteiger partial charge in [-0.2, -0.15) is 17.6 Å². The van der Waals surface area contributed by atoms with Gasteiger partial charge in [-0.15, -0.1) is 0 Å². The van der Waals surface area contributed by atoms with Gasteiger partial charge in [-0.1, -0.05) is 18.2 Å². The second-order valence-corrected chi connectivity index (χ2v) is 5.19. The van der Waals surface area contributed by atoms with Crippen LogP contribution in [0.4, 0.5) is 17.6 Å². The fourth-order valence-corrected chi connectivity index (χ4v) is 1.80. The number of alkyl halides is 4. The summed E-state index contributed by atoms with van der Waals surface area (Å²) in [6, 6.07) is 4.11. The Hall–Kier alpha value is -1.83. The highest BCUT2D eigenvalue weighted by Crippen LogP contribution is 2.39. The number of methoxy groups -OCH3 is 1. The van der Waals surface area contributed by atoms with Gasteiger partial charge in [-0.05, 0) is 19.9 Å². The lowest BCUT2D eigenvalue weighted by atomic mass is 9.80. The van der Waals surface area contributed by atoms with Crippen LogP contribution in [-0.4, -0.2) is 25.6 Å². The van der Waals surface area contributed by atoms with Crippen molar-refractivity contribution < 1.29 is 31.8 Å². The van der Waals surface area contributed by atoms with Crippen molar-refractivity contribution in [1.82, 2.24) is 0 Å². The molecule has 22 heavy (non-hydrogen) atoms. The van der Waals surface area contributed by atoms with E-state index < -0.39 is 35.7 Å². The van der Waals surface area contributed by atoms with Crippen LogP contribution in [0.1, 0.15) is 25.5 Å². The average Bonchev–Trinajstić information content (AvgIpc) is 2.45. The lowest BCUT2D eigenvalue weighted by Gasteiger charge is -2.30. The monoisotopic (exact) mass is 323 g/mol. The summed E-state index contributed by atoms with van der Waals surface area (Å²) in [5, 5.41) is 0. The summed E-state index contributed by atoms with van der Waals surface area (Å²) in [6.07, 6.45) is -8.66. The molecule has 0 fully saturated rings. The molecule has 1 aromatic carbocycles. The van der Waals surface area contributed by atoms with E-state index in [-0.39, 0.29) is 5.56 Å². The van der Waals surface area contributed by atoms with Crippen molar-refractivity contribution in [3.63, 3.8) is 0 Å². The van der Waals surface area contributed by atoms with Gasteiger partial charge in [0.1, 0.15) is 5.75 Å². The number of ether oxygens (including phenoxy) is 2. The van der Waals surface area contributed by atoms with E-state index in [4.69, 9.17) is 5.73 Å². The maximum absolute atomic E-state index is 13.1. The minimum absolute atomic E-state index is 0.00164. The third-order valence-electron chi connectivity index (χ3n) is 3.24. The van der Waals surface area contributed by atoms with Crippen LogP contribution < -0.4 is 10.5 Å². The van der Waals surface area contributed by atoms with Crippen LogP contribution in [-0.2, 0) is 9.53 Å². The largest absolute Gasteiger partial charge is 0.469 e. The van der Waals surface area contributed by atoms with Gasteiger partial charge in [0.05, 0.1) is 12.5 Å². The van der Waals surface area contributed by atoms with Crippen molar-refractivity contribution in [1.29, 1.82) is 0 Å². The molecular formula is C14H17F4NO3. The Kier molecular flexibility index (Phi) is 5.39. The van der Waals surface area contributed by atoms with Gasteiger partial charge in [-0.25, -0.2) is 0 Å². The fraction of sp³-hybridized carbons (Fsp3) is 0.500. The van der Waals surface area contributed by atoms with Crippen LogP contribution in [0.15, 0.2) is 24.3 Å². The number of hydrogen-bond acceptors (Lipinski definition) is 4. The van der Waals surface area contributed by atoms with Crippen molar-refractivity contribution in [3.8, 4) is 5.75 Å². The molecule has 8 heteroatoms. The Balaban J connectivity index is 3.19. The van der Waals surface area contributed by atoms with E-state index in [0.29, 0.717) is 0 Å². The lowest BCUT2D eigenvalue weighted by molar-refractivity contribution is -0.253. The number of esters is 1. The molecule has 0 aliphatic heterocycles. The molecule has 2 N–H and O–H groups in total. The Morgan fingerprint density at radius 2 is 1.77 bits per heavy atom. The molecule has 0 spiro atoms. The first-order valence-corrected chi connectivity index (χ1v) is 6.32. The van der Waals surface area contributed by atoms with Crippen LogP contribution in [0.2, 0.25) is 0 Å². The van der Waals surface area contributed by atoms with Crippen molar-refractivity contribution in [3.05, 3.63) is 29.8 Å². The molecule has 1 atom stereocenters. The number of hydrogen-bond donors (Lipinski definition) is 1. The Morgan fingerprint density at radius 1 is 1.23 bits per heavy atom. The average molecular weight is 323 g/mol. The van der Waals surface area contributed by atoms with Gasteiger partial charge in [-0.3, -0.25) is 4.79 Å². The molecule has 0 unspecified atom stereocenters. The molecule has 124 valence electrons. The zero-order valence-electron chi connectivity index (χ0n) is 12.3. The number of nitrogens with two attached hydrogens (primary N) is 1. The molecule has 4 nitrogen and oxygen atoms in total. The van der Waals surface area contributed by atoms with Crippen LogP contribution >= 0.6 is 0 Å². The van der Waals surface area contributed by atoms with Gasteiger partial charge < -0.3 is 15.2 Å². The Bertz CT molecular complexity index is 535. The maximum Gasteiger partial charge on any atom is 0.461 e. The normalized spacial score (nSPS) is 13.9. The van der Waals surface area contributed by atoms with Gasteiger partial charge in [0.25, 0.3) is 0 Å². The molecule has 1 rings (SSSR count). The van der Waals surface area contributed by atoms with Gasteiger partial charge in [0.2, 0.25) is 0 Å². The van der Waals surface area contributed by atoms with Crippen molar-refractivity contribution in [2.45, 2.75) is 32.4 Å². The molecule has 0 saturated carbocycles. The van der Waals surface area contributed by atoms with Crippen LogP contribution in [0.5, 0.6) is 5.75 Å². The molecule has 1 aromatic rings. The van der Waals surface area contributed by atoms with Crippen LogP contribution in [0.3, 0.4) is 0 Å². The number of rotatable bonds is 6. The first-order chi connectivity index (χ1) is 10.0.